The number of phenols is 5. The largest absolute Gasteiger partial charge is 0.508 e. The molecule has 13 nitrogen and oxygen atoms in total. The van der Waals surface area contributed by atoms with E-state index in [9.17, 15) is 45.6 Å². The van der Waals surface area contributed by atoms with Gasteiger partial charge in [0.15, 0.2) is 28.7 Å². The van der Waals surface area contributed by atoms with Crippen molar-refractivity contribution in [3.05, 3.63) is 65.2 Å². The van der Waals surface area contributed by atoms with Gasteiger partial charge in [-0.3, -0.25) is 0 Å². The minimum absolute atomic E-state index is 0.0284. The number of rotatable bonds is 8. The molecule has 1 aliphatic rings. The van der Waals surface area contributed by atoms with Gasteiger partial charge in [0.1, 0.15) is 42.5 Å². The van der Waals surface area contributed by atoms with Crippen LogP contribution in [0.25, 0.3) is 12.2 Å². The number of benzene rings is 3. The lowest BCUT2D eigenvalue weighted by Gasteiger charge is -2.39. The number of aromatic hydroxyl groups is 5. The fourth-order valence-electron chi connectivity index (χ4n) is 4.02. The van der Waals surface area contributed by atoms with E-state index >= 15 is 0 Å². The van der Waals surface area contributed by atoms with Crippen molar-refractivity contribution in [2.24, 2.45) is 0 Å². The lowest BCUT2D eigenvalue weighted by molar-refractivity contribution is -0.277. The lowest BCUT2D eigenvalue weighted by Crippen LogP contribution is -2.60. The first-order valence-corrected chi connectivity index (χ1v) is 12.1. The first kappa shape index (κ1) is 29.3. The lowest BCUT2D eigenvalue weighted by atomic mass is 9.99. The van der Waals surface area contributed by atoms with Crippen LogP contribution in [-0.2, 0) is 9.47 Å². The van der Waals surface area contributed by atoms with Gasteiger partial charge in [-0.1, -0.05) is 18.2 Å². The molecule has 4 rings (SSSR count). The molecule has 0 radical (unpaired) electrons. The van der Waals surface area contributed by atoms with E-state index in [0.29, 0.717) is 16.9 Å². The van der Waals surface area contributed by atoms with Gasteiger partial charge in [-0.2, -0.15) is 0 Å². The summed E-state index contributed by atoms with van der Waals surface area (Å²) in [5.74, 6) is -3.33. The standard InChI is InChI=1S/C28H28O13/c1-38-21-5-4-13(8-18(21)30)2-3-14-6-16(29)11-17(7-14)40-28-26(36)25(35)24(34)22(41-28)12-39-27(37)15-9-19(31)23(33)20(32)10-15/h2-11,22,24-26,28-36H,12H2,1H3/t22-,24-,25+,26-,28-/m1/s1. The number of hydrogen-bond donors (Lipinski definition) is 8. The highest BCUT2D eigenvalue weighted by molar-refractivity contribution is 5.91. The highest BCUT2D eigenvalue weighted by Crippen LogP contribution is 2.36. The van der Waals surface area contributed by atoms with Crippen LogP contribution in [0.5, 0.6) is 40.2 Å². The number of carbonyl (C=O) groups is 1. The molecule has 0 aliphatic carbocycles. The van der Waals surface area contributed by atoms with Crippen molar-refractivity contribution in [3.63, 3.8) is 0 Å². The molecule has 0 spiro atoms. The number of esters is 1. The van der Waals surface area contributed by atoms with E-state index in [1.807, 2.05) is 0 Å². The molecule has 1 heterocycles. The smallest absolute Gasteiger partial charge is 0.338 e. The van der Waals surface area contributed by atoms with Gasteiger partial charge in [0, 0.05) is 6.07 Å². The molecule has 218 valence electrons. The summed E-state index contributed by atoms with van der Waals surface area (Å²) >= 11 is 0. The summed E-state index contributed by atoms with van der Waals surface area (Å²) in [4.78, 5) is 12.4. The Labute approximate surface area is 232 Å². The van der Waals surface area contributed by atoms with Crippen LogP contribution in [0, 0.1) is 0 Å². The summed E-state index contributed by atoms with van der Waals surface area (Å²) < 4.78 is 21.3. The van der Waals surface area contributed by atoms with E-state index in [1.54, 1.807) is 24.3 Å². The maximum Gasteiger partial charge on any atom is 0.338 e. The molecule has 0 saturated carbocycles. The van der Waals surface area contributed by atoms with Gasteiger partial charge in [0.2, 0.25) is 6.29 Å². The third-order valence-electron chi connectivity index (χ3n) is 6.19. The van der Waals surface area contributed by atoms with Crippen molar-refractivity contribution in [1.29, 1.82) is 0 Å². The van der Waals surface area contributed by atoms with E-state index in [0.717, 1.165) is 12.1 Å². The summed E-state index contributed by atoms with van der Waals surface area (Å²) in [6, 6.07) is 10.6. The second kappa shape index (κ2) is 12.2. The summed E-state index contributed by atoms with van der Waals surface area (Å²) in [6.45, 7) is -0.630. The molecule has 1 aliphatic heterocycles. The molecule has 8 N–H and O–H groups in total. The van der Waals surface area contributed by atoms with Crippen LogP contribution < -0.4 is 9.47 Å². The van der Waals surface area contributed by atoms with Crippen LogP contribution in [0.1, 0.15) is 21.5 Å². The van der Waals surface area contributed by atoms with Crippen LogP contribution in [0.3, 0.4) is 0 Å². The summed E-state index contributed by atoms with van der Waals surface area (Å²) in [6.07, 6.45) is -4.85. The summed E-state index contributed by atoms with van der Waals surface area (Å²) in [5, 5.41) is 79.9. The Balaban J connectivity index is 1.45. The van der Waals surface area contributed by atoms with Crippen molar-refractivity contribution in [2.45, 2.75) is 30.7 Å². The first-order valence-electron chi connectivity index (χ1n) is 12.1. The Kier molecular flexibility index (Phi) is 8.74. The normalized spacial score (nSPS) is 22.4. The Morgan fingerprint density at radius 3 is 2.17 bits per heavy atom. The Morgan fingerprint density at radius 1 is 0.829 bits per heavy atom. The molecule has 1 fully saturated rings. The number of ether oxygens (including phenoxy) is 4. The molecule has 3 aromatic rings. The zero-order valence-corrected chi connectivity index (χ0v) is 21.5. The van der Waals surface area contributed by atoms with Crippen molar-refractivity contribution in [3.8, 4) is 40.2 Å². The van der Waals surface area contributed by atoms with E-state index < -0.39 is 60.5 Å². The maximum atomic E-state index is 12.4. The molecule has 0 aromatic heterocycles. The molecule has 5 atom stereocenters. The van der Waals surface area contributed by atoms with Crippen LogP contribution in [0.15, 0.2) is 48.5 Å². The number of hydrogen-bond acceptors (Lipinski definition) is 13. The van der Waals surface area contributed by atoms with Crippen molar-refractivity contribution in [2.75, 3.05) is 13.7 Å². The number of carbonyl (C=O) groups excluding carboxylic acids is 1. The number of aliphatic hydroxyl groups is 3. The molecule has 0 unspecified atom stereocenters. The summed E-state index contributed by atoms with van der Waals surface area (Å²) in [5.41, 5.74) is 0.779. The van der Waals surface area contributed by atoms with E-state index in [1.165, 1.54) is 31.4 Å². The van der Waals surface area contributed by atoms with E-state index in [4.69, 9.17) is 18.9 Å². The molecule has 41 heavy (non-hydrogen) atoms. The maximum absolute atomic E-state index is 12.4. The zero-order chi connectivity index (χ0) is 29.8. The first-order chi connectivity index (χ1) is 19.5. The van der Waals surface area contributed by atoms with Gasteiger partial charge in [-0.25, -0.2) is 4.79 Å². The minimum atomic E-state index is -1.77. The Morgan fingerprint density at radius 2 is 1.51 bits per heavy atom. The molecule has 1 saturated heterocycles. The average Bonchev–Trinajstić information content (AvgIpc) is 2.93. The van der Waals surface area contributed by atoms with Gasteiger partial charge >= 0.3 is 5.97 Å². The number of phenolic OH excluding ortho intramolecular Hbond substituents is 5. The SMILES string of the molecule is COc1ccc(C=Cc2cc(O)cc(O[C@@H]3O[C@H](COC(=O)c4cc(O)c(O)c(O)c4)[C@@H](O)[C@H](O)[C@H]3O)c2)cc1O. The van der Waals surface area contributed by atoms with E-state index in [2.05, 4.69) is 0 Å². The minimum Gasteiger partial charge on any atom is -0.508 e. The third-order valence-corrected chi connectivity index (χ3v) is 6.19. The van der Waals surface area contributed by atoms with E-state index in [-0.39, 0.29) is 22.8 Å². The molecule has 3 aromatic carbocycles. The van der Waals surface area contributed by atoms with Crippen molar-refractivity contribution < 1.29 is 64.6 Å². The highest BCUT2D eigenvalue weighted by atomic mass is 16.7. The van der Waals surface area contributed by atoms with Gasteiger partial charge in [-0.05, 0) is 47.5 Å². The van der Waals surface area contributed by atoms with Crippen LogP contribution in [0.2, 0.25) is 0 Å². The topological polar surface area (TPSA) is 216 Å². The second-order valence-corrected chi connectivity index (χ2v) is 9.12. The molecule has 0 amide bonds. The predicted octanol–water partition coefficient (Wildman–Crippen LogP) is 1.44. The zero-order valence-electron chi connectivity index (χ0n) is 21.5. The van der Waals surface area contributed by atoms with Crippen LogP contribution in [-0.4, -0.2) is 91.2 Å². The van der Waals surface area contributed by atoms with Crippen LogP contribution in [0.4, 0.5) is 0 Å². The van der Waals surface area contributed by atoms with Gasteiger partial charge < -0.3 is 59.8 Å². The highest BCUT2D eigenvalue weighted by Gasteiger charge is 2.45. The van der Waals surface area contributed by atoms with Gasteiger partial charge in [0.25, 0.3) is 0 Å². The third kappa shape index (κ3) is 6.73. The summed E-state index contributed by atoms with van der Waals surface area (Å²) in [7, 11) is 1.43. The van der Waals surface area contributed by atoms with Crippen molar-refractivity contribution in [1.82, 2.24) is 0 Å². The quantitative estimate of drug-likeness (QED) is 0.109. The number of aliphatic hydroxyl groups excluding tert-OH is 3. The predicted molar refractivity (Wildman–Crippen MR) is 141 cm³/mol. The van der Waals surface area contributed by atoms with Gasteiger partial charge in [-0.15, -0.1) is 0 Å². The monoisotopic (exact) mass is 572 g/mol. The second-order valence-electron chi connectivity index (χ2n) is 9.12. The fourth-order valence-corrected chi connectivity index (χ4v) is 4.02. The fraction of sp³-hybridized carbons (Fsp3) is 0.250. The number of methoxy groups -OCH3 is 1. The van der Waals surface area contributed by atoms with Crippen molar-refractivity contribution >= 4 is 18.1 Å². The van der Waals surface area contributed by atoms with Crippen LogP contribution >= 0.6 is 0 Å². The average molecular weight is 573 g/mol. The molecule has 13 heteroatoms. The molecular formula is C28H28O13. The Hall–Kier alpha value is -4.69. The molecular weight excluding hydrogens is 544 g/mol. The van der Waals surface area contributed by atoms with Gasteiger partial charge in [0.05, 0.1) is 12.7 Å². The molecule has 0 bridgehead atoms. The Bertz CT molecular complexity index is 1410.